The van der Waals surface area contributed by atoms with Gasteiger partial charge in [0, 0.05) is 0 Å². The zero-order valence-corrected chi connectivity index (χ0v) is 4.68. The Morgan fingerprint density at radius 2 is 2.50 bits per heavy atom. The molecule has 4 heteroatoms. The van der Waals surface area contributed by atoms with E-state index in [1.165, 1.54) is 7.11 Å². The minimum atomic E-state index is -0.376. The molecule has 0 saturated heterocycles. The molecule has 0 fully saturated rings. The quantitative estimate of drug-likeness (QED) is 0.358. The van der Waals surface area contributed by atoms with Gasteiger partial charge < -0.3 is 9.84 Å². The van der Waals surface area contributed by atoms with Gasteiger partial charge in [-0.25, -0.2) is 0 Å². The normalized spacial score (nSPS) is 8.75. The fourth-order valence-electron chi connectivity index (χ4n) is 0.230. The van der Waals surface area contributed by atoms with E-state index in [1.807, 2.05) is 0 Å². The topological polar surface area (TPSA) is 58.6 Å². The van der Waals surface area contributed by atoms with E-state index in [1.54, 1.807) is 0 Å². The summed E-state index contributed by atoms with van der Waals surface area (Å²) in [7, 11) is 1.29. The monoisotopic (exact) mass is 119 g/mol. The van der Waals surface area contributed by atoms with Crippen LogP contribution in [0.15, 0.2) is 0 Å². The van der Waals surface area contributed by atoms with Crippen LogP contribution in [0.4, 0.5) is 0 Å². The van der Waals surface area contributed by atoms with Crippen molar-refractivity contribution in [3.05, 3.63) is 0 Å². The highest BCUT2D eigenvalue weighted by Crippen LogP contribution is 1.66. The zero-order valence-electron chi connectivity index (χ0n) is 4.68. The molecule has 0 aromatic rings. The first-order valence-electron chi connectivity index (χ1n) is 2.19. The summed E-state index contributed by atoms with van der Waals surface area (Å²) < 4.78 is 4.24. The Morgan fingerprint density at radius 3 is 2.88 bits per heavy atom. The van der Waals surface area contributed by atoms with Crippen molar-refractivity contribution < 1.29 is 14.6 Å². The standard InChI is InChI=1S/C4H9NO3/c1-8-4(7)2-5-3-6/h5-6H,2-3H2,1H3. The Hall–Kier alpha value is -0.610. The highest BCUT2D eigenvalue weighted by atomic mass is 16.5. The summed E-state index contributed by atoms with van der Waals surface area (Å²) in [6.45, 7) is -0.137. The second kappa shape index (κ2) is 4.55. The number of ether oxygens (including phenoxy) is 1. The minimum Gasteiger partial charge on any atom is -0.468 e. The van der Waals surface area contributed by atoms with E-state index in [-0.39, 0.29) is 19.2 Å². The first-order chi connectivity index (χ1) is 3.81. The molecule has 0 amide bonds. The van der Waals surface area contributed by atoms with E-state index in [9.17, 15) is 4.79 Å². The second-order valence-corrected chi connectivity index (χ2v) is 1.16. The molecule has 0 saturated carbocycles. The summed E-state index contributed by atoms with van der Waals surface area (Å²) in [5.41, 5.74) is 0. The van der Waals surface area contributed by atoms with Crippen molar-refractivity contribution in [2.75, 3.05) is 20.4 Å². The number of hydrogen-bond donors (Lipinski definition) is 2. The molecule has 0 aliphatic heterocycles. The summed E-state index contributed by atoms with van der Waals surface area (Å²) >= 11 is 0. The largest absolute Gasteiger partial charge is 0.468 e. The van der Waals surface area contributed by atoms with Crippen molar-refractivity contribution in [3.63, 3.8) is 0 Å². The van der Waals surface area contributed by atoms with Crippen LogP contribution in [0.25, 0.3) is 0 Å². The Balaban J connectivity index is 2.99. The molecule has 48 valence electrons. The third kappa shape index (κ3) is 3.58. The van der Waals surface area contributed by atoms with Crippen LogP contribution in [0.3, 0.4) is 0 Å². The number of methoxy groups -OCH3 is 1. The molecule has 0 radical (unpaired) electrons. The van der Waals surface area contributed by atoms with Gasteiger partial charge in [0.15, 0.2) is 0 Å². The predicted octanol–water partition coefficient (Wildman–Crippen LogP) is -1.30. The van der Waals surface area contributed by atoms with Crippen LogP contribution >= 0.6 is 0 Å². The number of carbonyl (C=O) groups excluding carboxylic acids is 1. The maximum Gasteiger partial charge on any atom is 0.319 e. The van der Waals surface area contributed by atoms with Crippen LogP contribution in [-0.2, 0) is 9.53 Å². The first kappa shape index (κ1) is 7.39. The third-order valence-electron chi connectivity index (χ3n) is 0.609. The van der Waals surface area contributed by atoms with Gasteiger partial charge in [-0.2, -0.15) is 0 Å². The van der Waals surface area contributed by atoms with Crippen molar-refractivity contribution in [2.45, 2.75) is 0 Å². The van der Waals surface area contributed by atoms with Crippen molar-refractivity contribution in [2.24, 2.45) is 0 Å². The molecular weight excluding hydrogens is 110 g/mol. The predicted molar refractivity (Wildman–Crippen MR) is 27.1 cm³/mol. The number of aliphatic hydroxyl groups excluding tert-OH is 1. The smallest absolute Gasteiger partial charge is 0.319 e. The van der Waals surface area contributed by atoms with E-state index in [2.05, 4.69) is 10.1 Å². The fraction of sp³-hybridized carbons (Fsp3) is 0.750. The molecule has 8 heavy (non-hydrogen) atoms. The van der Waals surface area contributed by atoms with Crippen LogP contribution in [0.5, 0.6) is 0 Å². The van der Waals surface area contributed by atoms with Crippen LogP contribution in [0.1, 0.15) is 0 Å². The molecule has 0 aliphatic rings. The second-order valence-electron chi connectivity index (χ2n) is 1.16. The molecular formula is C4H9NO3. The Labute approximate surface area is 47.5 Å². The molecule has 0 atom stereocenters. The zero-order chi connectivity index (χ0) is 6.41. The number of esters is 1. The summed E-state index contributed by atoms with van der Waals surface area (Å²) in [5, 5.41) is 10.5. The van der Waals surface area contributed by atoms with Gasteiger partial charge in [-0.05, 0) is 0 Å². The van der Waals surface area contributed by atoms with Gasteiger partial charge in [-0.1, -0.05) is 0 Å². The fourth-order valence-corrected chi connectivity index (χ4v) is 0.230. The van der Waals surface area contributed by atoms with E-state index < -0.39 is 0 Å². The highest BCUT2D eigenvalue weighted by molar-refractivity contribution is 5.71. The van der Waals surface area contributed by atoms with E-state index in [4.69, 9.17) is 5.11 Å². The van der Waals surface area contributed by atoms with Crippen LogP contribution in [0, 0.1) is 0 Å². The van der Waals surface area contributed by atoms with Gasteiger partial charge in [0.25, 0.3) is 0 Å². The number of nitrogens with one attached hydrogen (secondary N) is 1. The number of aliphatic hydroxyl groups is 1. The lowest BCUT2D eigenvalue weighted by Gasteiger charge is -1.96. The Bertz CT molecular complexity index is 73.7. The van der Waals surface area contributed by atoms with Crippen molar-refractivity contribution in [1.82, 2.24) is 5.32 Å². The highest BCUT2D eigenvalue weighted by Gasteiger charge is 1.94. The summed E-state index contributed by atoms with van der Waals surface area (Å²) in [6, 6.07) is 0. The van der Waals surface area contributed by atoms with Crippen LogP contribution in [0.2, 0.25) is 0 Å². The van der Waals surface area contributed by atoms with Crippen LogP contribution in [-0.4, -0.2) is 31.5 Å². The van der Waals surface area contributed by atoms with Gasteiger partial charge in [0.1, 0.15) is 0 Å². The maximum absolute atomic E-state index is 10.2. The van der Waals surface area contributed by atoms with Crippen LogP contribution < -0.4 is 5.32 Å². The lowest BCUT2D eigenvalue weighted by atomic mass is 10.7. The Morgan fingerprint density at radius 1 is 1.88 bits per heavy atom. The number of carbonyl (C=O) groups is 1. The van der Waals surface area contributed by atoms with Gasteiger partial charge in [0.05, 0.1) is 20.4 Å². The average Bonchev–Trinajstić information content (AvgIpc) is 1.83. The van der Waals surface area contributed by atoms with E-state index in [0.717, 1.165) is 0 Å². The molecule has 0 heterocycles. The molecule has 0 unspecified atom stereocenters. The number of rotatable bonds is 3. The summed E-state index contributed by atoms with van der Waals surface area (Å²) in [6.07, 6.45) is 0. The molecule has 0 aromatic carbocycles. The first-order valence-corrected chi connectivity index (χ1v) is 2.19. The molecule has 0 bridgehead atoms. The molecule has 0 spiro atoms. The Kier molecular flexibility index (Phi) is 4.20. The third-order valence-corrected chi connectivity index (χ3v) is 0.609. The number of hydrogen-bond acceptors (Lipinski definition) is 4. The van der Waals surface area contributed by atoms with E-state index in [0.29, 0.717) is 0 Å². The summed E-state index contributed by atoms with van der Waals surface area (Å²) in [5.74, 6) is -0.376. The molecule has 0 aliphatic carbocycles. The molecule has 0 aromatic heterocycles. The van der Waals surface area contributed by atoms with Crippen molar-refractivity contribution >= 4 is 5.97 Å². The van der Waals surface area contributed by atoms with Crippen molar-refractivity contribution in [3.8, 4) is 0 Å². The van der Waals surface area contributed by atoms with Gasteiger partial charge in [-0.15, -0.1) is 0 Å². The van der Waals surface area contributed by atoms with Gasteiger partial charge in [-0.3, -0.25) is 10.1 Å². The van der Waals surface area contributed by atoms with Gasteiger partial charge in [0.2, 0.25) is 0 Å². The summed E-state index contributed by atoms with van der Waals surface area (Å²) in [4.78, 5) is 10.2. The maximum atomic E-state index is 10.2. The minimum absolute atomic E-state index is 0.0625. The lowest BCUT2D eigenvalue weighted by Crippen LogP contribution is -2.24. The molecule has 4 nitrogen and oxygen atoms in total. The van der Waals surface area contributed by atoms with Crippen molar-refractivity contribution in [1.29, 1.82) is 0 Å². The van der Waals surface area contributed by atoms with Gasteiger partial charge >= 0.3 is 5.97 Å². The SMILES string of the molecule is COC(=O)CNCO. The molecule has 2 N–H and O–H groups in total. The molecule has 0 rings (SSSR count). The average molecular weight is 119 g/mol. The lowest BCUT2D eigenvalue weighted by molar-refractivity contribution is -0.139. The van der Waals surface area contributed by atoms with E-state index >= 15 is 0 Å².